The van der Waals surface area contributed by atoms with Crippen LogP contribution < -0.4 is 5.32 Å². The van der Waals surface area contributed by atoms with E-state index in [0.29, 0.717) is 0 Å². The van der Waals surface area contributed by atoms with E-state index in [1.54, 1.807) is 11.3 Å². The molecule has 0 radical (unpaired) electrons. The van der Waals surface area contributed by atoms with Gasteiger partial charge in [0.05, 0.1) is 14.9 Å². The number of nitrogens with one attached hydrogen (secondary N) is 1. The number of thiophene rings is 1. The summed E-state index contributed by atoms with van der Waals surface area (Å²) in [6.45, 7) is 0.986. The number of hydrogen-bond donors (Lipinski definition) is 1. The smallest absolute Gasteiger partial charge is 0.133 e. The fraction of sp³-hybridized carbons (Fsp3) is 0.235. The summed E-state index contributed by atoms with van der Waals surface area (Å²) in [6.07, 6.45) is 3.40. The molecule has 2 aromatic heterocycles. The molecule has 0 amide bonds. The molecule has 0 atom stereocenters. The summed E-state index contributed by atoms with van der Waals surface area (Å²) in [5.74, 6) is 1.12. The minimum Gasteiger partial charge on any atom is -0.370 e. The lowest BCUT2D eigenvalue weighted by Gasteiger charge is -2.09. The van der Waals surface area contributed by atoms with Crippen molar-refractivity contribution in [2.24, 2.45) is 0 Å². The second kappa shape index (κ2) is 6.30. The predicted molar refractivity (Wildman–Crippen MR) is 101 cm³/mol. The van der Waals surface area contributed by atoms with Gasteiger partial charge < -0.3 is 5.32 Å². The summed E-state index contributed by atoms with van der Waals surface area (Å²) in [5, 5.41) is 8.47. The number of benzene rings is 1. The second-order valence-electron chi connectivity index (χ2n) is 5.55. The van der Waals surface area contributed by atoms with Gasteiger partial charge in [-0.15, -0.1) is 11.3 Å². The van der Waals surface area contributed by atoms with Crippen LogP contribution in [0.15, 0.2) is 40.9 Å². The third-order valence-corrected chi connectivity index (χ3v) is 5.77. The highest BCUT2D eigenvalue weighted by atomic mass is 79.9. The molecule has 118 valence electrons. The third kappa shape index (κ3) is 2.93. The highest BCUT2D eigenvalue weighted by Gasteiger charge is 2.22. The number of anilines is 1. The molecule has 1 N–H and O–H groups in total. The molecular weight excluding hydrogens is 394 g/mol. The number of nitrogens with zero attached hydrogens (tertiary/aromatic N) is 2. The molecule has 0 aliphatic carbocycles. The summed E-state index contributed by atoms with van der Waals surface area (Å²) >= 11 is 11.2. The minimum atomic E-state index is 0.800. The van der Waals surface area contributed by atoms with Crippen LogP contribution in [-0.2, 0) is 6.42 Å². The quantitative estimate of drug-likeness (QED) is 0.584. The molecule has 1 aromatic carbocycles. The van der Waals surface area contributed by atoms with Crippen LogP contribution in [0.5, 0.6) is 0 Å². The van der Waals surface area contributed by atoms with Gasteiger partial charge in [0.1, 0.15) is 11.5 Å². The van der Waals surface area contributed by atoms with E-state index in [9.17, 15) is 0 Å². The van der Waals surface area contributed by atoms with Crippen molar-refractivity contribution in [2.45, 2.75) is 19.3 Å². The van der Waals surface area contributed by atoms with Gasteiger partial charge >= 0.3 is 0 Å². The molecule has 3 aromatic rings. The van der Waals surface area contributed by atoms with Gasteiger partial charge in [-0.3, -0.25) is 0 Å². The summed E-state index contributed by atoms with van der Waals surface area (Å²) in [4.78, 5) is 1.13. The van der Waals surface area contributed by atoms with Crippen LogP contribution in [0.1, 0.15) is 18.4 Å². The van der Waals surface area contributed by atoms with Gasteiger partial charge in [-0.2, -0.15) is 5.10 Å². The molecule has 4 rings (SSSR count). The van der Waals surface area contributed by atoms with Gasteiger partial charge in [0.2, 0.25) is 0 Å². The van der Waals surface area contributed by atoms with E-state index in [2.05, 4.69) is 39.4 Å². The topological polar surface area (TPSA) is 29.9 Å². The molecule has 1 aliphatic heterocycles. The molecule has 0 unspecified atom stereocenters. The Balaban J connectivity index is 1.89. The zero-order chi connectivity index (χ0) is 15.8. The Hall–Kier alpha value is -1.30. The van der Waals surface area contributed by atoms with E-state index in [1.807, 2.05) is 22.9 Å². The molecule has 0 bridgehead atoms. The van der Waals surface area contributed by atoms with E-state index in [-0.39, 0.29) is 0 Å². The summed E-state index contributed by atoms with van der Waals surface area (Å²) < 4.78 is 3.89. The Labute approximate surface area is 152 Å². The Morgan fingerprint density at radius 1 is 1.13 bits per heavy atom. The largest absolute Gasteiger partial charge is 0.370 e. The lowest BCUT2D eigenvalue weighted by molar-refractivity contribution is 0.780. The number of aromatic nitrogens is 2. The lowest BCUT2D eigenvalue weighted by Crippen LogP contribution is -2.07. The van der Waals surface area contributed by atoms with Crippen LogP contribution in [0.2, 0.25) is 4.34 Å². The molecule has 3 heterocycles. The van der Waals surface area contributed by atoms with Gasteiger partial charge in [-0.1, -0.05) is 27.5 Å². The first kappa shape index (κ1) is 15.2. The van der Waals surface area contributed by atoms with E-state index < -0.39 is 0 Å². The van der Waals surface area contributed by atoms with Crippen molar-refractivity contribution in [2.75, 3.05) is 11.9 Å². The fourth-order valence-electron chi connectivity index (χ4n) is 2.91. The summed E-state index contributed by atoms with van der Waals surface area (Å²) in [6, 6.07) is 12.2. The Morgan fingerprint density at radius 3 is 2.70 bits per heavy atom. The predicted octanol–water partition coefficient (Wildman–Crippen LogP) is 5.76. The van der Waals surface area contributed by atoms with E-state index in [1.165, 1.54) is 18.4 Å². The van der Waals surface area contributed by atoms with Crippen LogP contribution in [0.4, 0.5) is 5.82 Å². The number of hydrogen-bond acceptors (Lipinski definition) is 3. The second-order valence-corrected chi connectivity index (χ2v) is 8.18. The first-order chi connectivity index (χ1) is 11.2. The minimum absolute atomic E-state index is 0.800. The van der Waals surface area contributed by atoms with E-state index in [4.69, 9.17) is 16.7 Å². The highest BCUT2D eigenvalue weighted by molar-refractivity contribution is 9.10. The number of halogens is 2. The first-order valence-electron chi connectivity index (χ1n) is 7.60. The molecule has 1 aliphatic rings. The maximum Gasteiger partial charge on any atom is 0.133 e. The fourth-order valence-corrected chi connectivity index (χ4v) is 4.23. The molecule has 3 nitrogen and oxygen atoms in total. The normalized spacial score (nSPS) is 14.2. The Kier molecular flexibility index (Phi) is 4.18. The Morgan fingerprint density at radius 2 is 1.96 bits per heavy atom. The molecular formula is C17H15BrClN3S. The monoisotopic (exact) mass is 407 g/mol. The van der Waals surface area contributed by atoms with Gasteiger partial charge in [0.25, 0.3) is 0 Å². The lowest BCUT2D eigenvalue weighted by atomic mass is 10.1. The maximum atomic E-state index is 6.13. The standard InChI is InChI=1S/C17H15BrClN3S/c18-11-4-6-12(7-5-11)22-17-13(3-1-2-10-20-17)16(21-22)14-8-9-15(19)23-14/h4-9,20H,1-3,10H2. The summed E-state index contributed by atoms with van der Waals surface area (Å²) in [7, 11) is 0. The zero-order valence-electron chi connectivity index (χ0n) is 12.4. The molecule has 0 fully saturated rings. The van der Waals surface area contributed by atoms with Crippen LogP contribution in [0.25, 0.3) is 16.3 Å². The molecule has 0 saturated heterocycles. The van der Waals surface area contributed by atoms with Crippen LogP contribution in [0.3, 0.4) is 0 Å². The van der Waals surface area contributed by atoms with Crippen LogP contribution >= 0.6 is 38.9 Å². The van der Waals surface area contributed by atoms with Crippen molar-refractivity contribution in [3.63, 3.8) is 0 Å². The van der Waals surface area contributed by atoms with Crippen molar-refractivity contribution >= 4 is 44.7 Å². The van der Waals surface area contributed by atoms with Crippen molar-refractivity contribution < 1.29 is 0 Å². The van der Waals surface area contributed by atoms with Crippen molar-refractivity contribution in [3.8, 4) is 16.3 Å². The molecule has 23 heavy (non-hydrogen) atoms. The van der Waals surface area contributed by atoms with Gasteiger partial charge in [-0.25, -0.2) is 4.68 Å². The van der Waals surface area contributed by atoms with Gasteiger partial charge in [0.15, 0.2) is 0 Å². The van der Waals surface area contributed by atoms with E-state index >= 15 is 0 Å². The molecule has 0 spiro atoms. The maximum absolute atomic E-state index is 6.13. The molecule has 6 heteroatoms. The molecule has 0 saturated carbocycles. The average Bonchev–Trinajstić information content (AvgIpc) is 3.04. The number of rotatable bonds is 2. The zero-order valence-corrected chi connectivity index (χ0v) is 15.5. The van der Waals surface area contributed by atoms with E-state index in [0.717, 1.165) is 43.9 Å². The van der Waals surface area contributed by atoms with Crippen LogP contribution in [-0.4, -0.2) is 16.3 Å². The van der Waals surface area contributed by atoms with Gasteiger partial charge in [-0.05, 0) is 55.7 Å². The number of fused-ring (bicyclic) bond motifs is 1. The Bertz CT molecular complexity index is 838. The average molecular weight is 409 g/mol. The summed E-state index contributed by atoms with van der Waals surface area (Å²) in [5.41, 5.74) is 3.41. The van der Waals surface area contributed by atoms with Crippen LogP contribution in [0, 0.1) is 0 Å². The van der Waals surface area contributed by atoms with Crippen molar-refractivity contribution in [1.82, 2.24) is 9.78 Å². The van der Waals surface area contributed by atoms with Crippen molar-refractivity contribution in [1.29, 1.82) is 0 Å². The first-order valence-corrected chi connectivity index (χ1v) is 9.58. The SMILES string of the molecule is Clc1ccc(-c2nn(-c3ccc(Br)cc3)c3c2CCCCN3)s1. The van der Waals surface area contributed by atoms with Crippen molar-refractivity contribution in [3.05, 3.63) is 50.8 Å². The highest BCUT2D eigenvalue weighted by Crippen LogP contribution is 2.38. The third-order valence-electron chi connectivity index (χ3n) is 4.01. The van der Waals surface area contributed by atoms with Gasteiger partial charge in [0, 0.05) is 16.6 Å².